The van der Waals surface area contributed by atoms with Gasteiger partial charge in [0.1, 0.15) is 11.5 Å². The number of aldehydes is 1. The maximum atomic E-state index is 11.6. The molecule has 3 amide bonds. The molecule has 0 aliphatic carbocycles. The number of hydrogen-bond acceptors (Lipinski definition) is 5. The van der Waals surface area contributed by atoms with E-state index in [0.29, 0.717) is 17.6 Å². The monoisotopic (exact) mass is 302 g/mol. The average molecular weight is 302 g/mol. The molecule has 0 radical (unpaired) electrons. The van der Waals surface area contributed by atoms with Gasteiger partial charge < -0.3 is 14.5 Å². The van der Waals surface area contributed by atoms with E-state index in [0.717, 1.165) is 0 Å². The quantitative estimate of drug-likeness (QED) is 0.788. The summed E-state index contributed by atoms with van der Waals surface area (Å²) in [5.74, 6) is 0.222. The number of para-hydroxylation sites is 1. The summed E-state index contributed by atoms with van der Waals surface area (Å²) in [6, 6.07) is 9.22. The Balaban J connectivity index is 1.75. The van der Waals surface area contributed by atoms with E-state index in [1.54, 1.807) is 36.4 Å². The topological polar surface area (TPSA) is 97.6 Å². The van der Waals surface area contributed by atoms with Crippen molar-refractivity contribution in [3.8, 4) is 5.75 Å². The Hall–Kier alpha value is -3.09. The number of rotatable bonds is 6. The minimum atomic E-state index is -0.659. The van der Waals surface area contributed by atoms with Crippen molar-refractivity contribution in [1.82, 2.24) is 10.6 Å². The minimum Gasteiger partial charge on any atom is -0.483 e. The van der Waals surface area contributed by atoms with Gasteiger partial charge in [-0.2, -0.15) is 0 Å². The Morgan fingerprint density at radius 3 is 2.73 bits per heavy atom. The number of urea groups is 1. The molecule has 2 rings (SSSR count). The summed E-state index contributed by atoms with van der Waals surface area (Å²) in [5, 5.41) is 4.57. The van der Waals surface area contributed by atoms with Gasteiger partial charge in [-0.25, -0.2) is 4.79 Å². The fourth-order valence-electron chi connectivity index (χ4n) is 1.64. The minimum absolute atomic E-state index is 0.168. The molecule has 0 fully saturated rings. The SMILES string of the molecule is O=Cc1ccccc1OCC(=O)NC(=O)NCc1ccco1. The van der Waals surface area contributed by atoms with Gasteiger partial charge in [-0.3, -0.25) is 14.9 Å². The van der Waals surface area contributed by atoms with Crippen molar-refractivity contribution in [3.63, 3.8) is 0 Å². The molecule has 0 aliphatic heterocycles. The van der Waals surface area contributed by atoms with E-state index in [1.165, 1.54) is 6.26 Å². The Kier molecular flexibility index (Phi) is 5.31. The van der Waals surface area contributed by atoms with Crippen molar-refractivity contribution in [1.29, 1.82) is 0 Å². The average Bonchev–Trinajstić information content (AvgIpc) is 3.04. The van der Waals surface area contributed by atoms with Gasteiger partial charge in [-0.15, -0.1) is 0 Å². The number of amides is 3. The zero-order chi connectivity index (χ0) is 15.8. The first-order chi connectivity index (χ1) is 10.7. The first-order valence-electron chi connectivity index (χ1n) is 6.46. The lowest BCUT2D eigenvalue weighted by atomic mass is 10.2. The third-order valence-corrected chi connectivity index (χ3v) is 2.66. The van der Waals surface area contributed by atoms with Crippen LogP contribution in [-0.4, -0.2) is 24.8 Å². The van der Waals surface area contributed by atoms with Crippen LogP contribution in [0.3, 0.4) is 0 Å². The molecule has 7 nitrogen and oxygen atoms in total. The van der Waals surface area contributed by atoms with Crippen LogP contribution in [-0.2, 0) is 11.3 Å². The van der Waals surface area contributed by atoms with Crippen LogP contribution in [0, 0.1) is 0 Å². The fourth-order valence-corrected chi connectivity index (χ4v) is 1.64. The van der Waals surface area contributed by atoms with Crippen LogP contribution in [0.5, 0.6) is 5.75 Å². The molecule has 2 aromatic rings. The molecular weight excluding hydrogens is 288 g/mol. The summed E-state index contributed by atoms with van der Waals surface area (Å²) in [6.07, 6.45) is 2.11. The molecule has 114 valence electrons. The van der Waals surface area contributed by atoms with Crippen LogP contribution in [0.15, 0.2) is 47.1 Å². The molecule has 0 bridgehead atoms. The van der Waals surface area contributed by atoms with Crippen LogP contribution < -0.4 is 15.4 Å². The van der Waals surface area contributed by atoms with Gasteiger partial charge in [0.15, 0.2) is 12.9 Å². The summed E-state index contributed by atoms with van der Waals surface area (Å²) in [6.45, 7) is -0.208. The largest absolute Gasteiger partial charge is 0.483 e. The number of nitrogens with one attached hydrogen (secondary N) is 2. The number of hydrogen-bond donors (Lipinski definition) is 2. The first-order valence-corrected chi connectivity index (χ1v) is 6.46. The van der Waals surface area contributed by atoms with Crippen LogP contribution in [0.25, 0.3) is 0 Å². The molecule has 22 heavy (non-hydrogen) atoms. The number of benzene rings is 1. The van der Waals surface area contributed by atoms with E-state index in [9.17, 15) is 14.4 Å². The lowest BCUT2D eigenvalue weighted by Gasteiger charge is -2.08. The molecule has 1 aromatic heterocycles. The number of ether oxygens (including phenoxy) is 1. The summed E-state index contributed by atoms with van der Waals surface area (Å²) in [5.41, 5.74) is 0.331. The van der Waals surface area contributed by atoms with E-state index in [-0.39, 0.29) is 18.9 Å². The second kappa shape index (κ2) is 7.63. The second-order valence-corrected chi connectivity index (χ2v) is 4.25. The summed E-state index contributed by atoms with van der Waals surface area (Å²) in [4.78, 5) is 33.9. The van der Waals surface area contributed by atoms with Gasteiger partial charge in [0.2, 0.25) is 0 Å². The van der Waals surface area contributed by atoms with E-state index in [4.69, 9.17) is 9.15 Å². The smallest absolute Gasteiger partial charge is 0.321 e. The molecule has 7 heteroatoms. The molecule has 0 saturated heterocycles. The molecular formula is C15H14N2O5. The van der Waals surface area contributed by atoms with Crippen molar-refractivity contribution >= 4 is 18.2 Å². The van der Waals surface area contributed by atoms with Gasteiger partial charge in [0.25, 0.3) is 5.91 Å². The molecule has 0 atom stereocenters. The van der Waals surface area contributed by atoms with Gasteiger partial charge in [-0.1, -0.05) is 12.1 Å². The predicted molar refractivity (Wildman–Crippen MR) is 76.4 cm³/mol. The molecule has 1 heterocycles. The normalized spacial score (nSPS) is 9.82. The first kappa shape index (κ1) is 15.3. The van der Waals surface area contributed by atoms with Crippen LogP contribution in [0.4, 0.5) is 4.79 Å². The second-order valence-electron chi connectivity index (χ2n) is 4.25. The van der Waals surface area contributed by atoms with E-state index in [1.807, 2.05) is 0 Å². The summed E-state index contributed by atoms with van der Waals surface area (Å²) in [7, 11) is 0. The highest BCUT2D eigenvalue weighted by atomic mass is 16.5. The van der Waals surface area contributed by atoms with Gasteiger partial charge in [0.05, 0.1) is 18.4 Å². The van der Waals surface area contributed by atoms with E-state index < -0.39 is 11.9 Å². The molecule has 0 spiro atoms. The van der Waals surface area contributed by atoms with Crippen molar-refractivity contribution < 1.29 is 23.5 Å². The van der Waals surface area contributed by atoms with Crippen LogP contribution >= 0.6 is 0 Å². The van der Waals surface area contributed by atoms with Crippen molar-refractivity contribution in [2.24, 2.45) is 0 Å². The third kappa shape index (κ3) is 4.48. The highest BCUT2D eigenvalue weighted by molar-refractivity contribution is 5.95. The van der Waals surface area contributed by atoms with Gasteiger partial charge in [0, 0.05) is 0 Å². The summed E-state index contributed by atoms with van der Waals surface area (Å²) >= 11 is 0. The lowest BCUT2D eigenvalue weighted by molar-refractivity contribution is -0.122. The number of carbonyl (C=O) groups is 3. The van der Waals surface area contributed by atoms with Gasteiger partial charge >= 0.3 is 6.03 Å². The highest BCUT2D eigenvalue weighted by Crippen LogP contribution is 2.15. The maximum absolute atomic E-state index is 11.6. The molecule has 0 unspecified atom stereocenters. The third-order valence-electron chi connectivity index (χ3n) is 2.66. The predicted octanol–water partition coefficient (Wildman–Crippen LogP) is 1.50. The highest BCUT2D eigenvalue weighted by Gasteiger charge is 2.10. The van der Waals surface area contributed by atoms with Crippen molar-refractivity contribution in [2.75, 3.05) is 6.61 Å². The zero-order valence-corrected chi connectivity index (χ0v) is 11.6. The fraction of sp³-hybridized carbons (Fsp3) is 0.133. The zero-order valence-electron chi connectivity index (χ0n) is 11.6. The number of furan rings is 1. The Bertz CT molecular complexity index is 652. The number of carbonyl (C=O) groups excluding carboxylic acids is 3. The van der Waals surface area contributed by atoms with Crippen molar-refractivity contribution in [2.45, 2.75) is 6.54 Å². The molecule has 0 aliphatic rings. The van der Waals surface area contributed by atoms with Crippen molar-refractivity contribution in [3.05, 3.63) is 54.0 Å². The van der Waals surface area contributed by atoms with Crippen LogP contribution in [0.2, 0.25) is 0 Å². The van der Waals surface area contributed by atoms with E-state index in [2.05, 4.69) is 10.6 Å². The Labute approximate surface area is 126 Å². The van der Waals surface area contributed by atoms with E-state index >= 15 is 0 Å². The number of imide groups is 1. The molecule has 1 aromatic carbocycles. The molecule has 2 N–H and O–H groups in total. The Morgan fingerprint density at radius 1 is 1.18 bits per heavy atom. The molecule has 0 saturated carbocycles. The lowest BCUT2D eigenvalue weighted by Crippen LogP contribution is -2.41. The van der Waals surface area contributed by atoms with Gasteiger partial charge in [-0.05, 0) is 24.3 Å². The standard InChI is InChI=1S/C15H14N2O5/c18-9-11-4-1-2-6-13(11)22-10-14(19)17-15(20)16-8-12-5-3-7-21-12/h1-7,9H,8,10H2,(H2,16,17,19,20). The Morgan fingerprint density at radius 2 is 2.00 bits per heavy atom. The summed E-state index contributed by atoms with van der Waals surface area (Å²) < 4.78 is 10.2. The maximum Gasteiger partial charge on any atom is 0.321 e. The van der Waals surface area contributed by atoms with Crippen LogP contribution in [0.1, 0.15) is 16.1 Å².